The summed E-state index contributed by atoms with van der Waals surface area (Å²) < 4.78 is 16.6. The fourth-order valence-electron chi connectivity index (χ4n) is 4.11. The number of nitrogens with one attached hydrogen (secondary N) is 1. The van der Waals surface area contributed by atoms with Gasteiger partial charge in [0.2, 0.25) is 5.91 Å². The largest absolute Gasteiger partial charge is 0.447 e. The number of nitriles is 1. The highest BCUT2D eigenvalue weighted by atomic mass is 32.1. The Bertz CT molecular complexity index is 1090. The number of aromatic nitrogens is 1. The van der Waals surface area contributed by atoms with Crippen molar-refractivity contribution in [1.29, 1.82) is 5.26 Å². The second-order valence-corrected chi connectivity index (χ2v) is 10.1. The smallest absolute Gasteiger partial charge is 0.410 e. The molecular weight excluding hydrogens is 456 g/mol. The summed E-state index contributed by atoms with van der Waals surface area (Å²) in [5.41, 5.74) is 2.35. The summed E-state index contributed by atoms with van der Waals surface area (Å²) in [7, 11) is 0. The second kappa shape index (κ2) is 10.1. The number of carbonyl (C=O) groups is 2. The minimum atomic E-state index is -0.668. The Balaban J connectivity index is 1.35. The maximum Gasteiger partial charge on any atom is 0.410 e. The maximum atomic E-state index is 12.7. The molecule has 1 saturated heterocycles. The minimum Gasteiger partial charge on any atom is -0.447 e. The Hall–Kier alpha value is -3.00. The fourth-order valence-corrected chi connectivity index (χ4v) is 5.34. The van der Waals surface area contributed by atoms with Crippen LogP contribution in [0, 0.1) is 11.3 Å². The molecule has 34 heavy (non-hydrogen) atoms. The molecule has 180 valence electrons. The Morgan fingerprint density at radius 2 is 2.29 bits per heavy atom. The molecule has 2 aromatic rings. The van der Waals surface area contributed by atoms with Crippen LogP contribution in [0.5, 0.6) is 0 Å². The Morgan fingerprint density at radius 3 is 2.97 bits per heavy atom. The molecule has 2 aromatic heterocycles. The first-order valence-electron chi connectivity index (χ1n) is 11.2. The van der Waals surface area contributed by atoms with Gasteiger partial charge in [0.15, 0.2) is 5.79 Å². The molecule has 0 saturated carbocycles. The molecule has 0 radical (unpaired) electrons. The number of nitrogens with zero attached hydrogens (tertiary/aromatic N) is 3. The van der Waals surface area contributed by atoms with E-state index < -0.39 is 11.9 Å². The average Bonchev–Trinajstić information content (AvgIpc) is 3.35. The van der Waals surface area contributed by atoms with E-state index in [-0.39, 0.29) is 31.0 Å². The predicted octanol–water partition coefficient (Wildman–Crippen LogP) is 3.79. The van der Waals surface area contributed by atoms with Crippen molar-refractivity contribution >= 4 is 28.3 Å². The average molecular weight is 485 g/mol. The van der Waals surface area contributed by atoms with E-state index in [2.05, 4.69) is 16.4 Å². The zero-order chi connectivity index (χ0) is 24.3. The number of hydrogen-bond donors (Lipinski definition) is 1. The van der Waals surface area contributed by atoms with Gasteiger partial charge in [0, 0.05) is 30.2 Å². The normalized spacial score (nSPS) is 19.7. The number of hydrogen-bond acceptors (Lipinski definition) is 8. The summed E-state index contributed by atoms with van der Waals surface area (Å²) in [5, 5.41) is 13.2. The minimum absolute atomic E-state index is 0.00101. The first kappa shape index (κ1) is 24.1. The van der Waals surface area contributed by atoms with Crippen LogP contribution in [0.25, 0.3) is 0 Å². The third kappa shape index (κ3) is 5.55. The predicted molar refractivity (Wildman–Crippen MR) is 125 cm³/mol. The lowest BCUT2D eigenvalue weighted by atomic mass is 9.99. The Kier molecular flexibility index (Phi) is 7.16. The number of fused-ring (bicyclic) bond motifs is 1. The summed E-state index contributed by atoms with van der Waals surface area (Å²) in [4.78, 5) is 31.9. The van der Waals surface area contributed by atoms with Crippen LogP contribution < -0.4 is 5.32 Å². The van der Waals surface area contributed by atoms with Crippen LogP contribution in [0.3, 0.4) is 0 Å². The van der Waals surface area contributed by atoms with Crippen molar-refractivity contribution in [2.24, 2.45) is 0 Å². The van der Waals surface area contributed by atoms with E-state index >= 15 is 0 Å². The second-order valence-electron chi connectivity index (χ2n) is 8.96. The van der Waals surface area contributed by atoms with Crippen molar-refractivity contribution in [2.75, 3.05) is 25.1 Å². The van der Waals surface area contributed by atoms with E-state index in [9.17, 15) is 14.9 Å². The van der Waals surface area contributed by atoms with Crippen LogP contribution >= 0.6 is 11.3 Å². The van der Waals surface area contributed by atoms with Gasteiger partial charge >= 0.3 is 6.09 Å². The number of thiophene rings is 1. The third-order valence-corrected chi connectivity index (χ3v) is 7.02. The molecule has 2 aliphatic rings. The number of anilines is 1. The molecule has 4 heterocycles. The summed E-state index contributed by atoms with van der Waals surface area (Å²) in [5.74, 6) is -0.832. The molecule has 9 nitrogen and oxygen atoms in total. The third-order valence-electron chi connectivity index (χ3n) is 5.88. The quantitative estimate of drug-likeness (QED) is 0.663. The van der Waals surface area contributed by atoms with Crippen LogP contribution in [-0.2, 0) is 32.0 Å². The van der Waals surface area contributed by atoms with Crippen LogP contribution in [0.1, 0.15) is 54.7 Å². The van der Waals surface area contributed by atoms with Crippen LogP contribution in [0.2, 0.25) is 0 Å². The van der Waals surface area contributed by atoms with Crippen molar-refractivity contribution in [3.05, 3.63) is 46.1 Å². The van der Waals surface area contributed by atoms with Crippen molar-refractivity contribution in [3.8, 4) is 6.07 Å². The van der Waals surface area contributed by atoms with Crippen molar-refractivity contribution in [3.63, 3.8) is 0 Å². The molecule has 0 aromatic carbocycles. The van der Waals surface area contributed by atoms with E-state index in [0.717, 1.165) is 16.0 Å². The van der Waals surface area contributed by atoms with E-state index in [1.807, 2.05) is 32.9 Å². The maximum absolute atomic E-state index is 12.7. The lowest BCUT2D eigenvalue weighted by Gasteiger charge is -2.26. The monoisotopic (exact) mass is 484 g/mol. The summed E-state index contributed by atoms with van der Waals surface area (Å²) in [6, 6.07) is 6.01. The molecule has 0 spiro atoms. The van der Waals surface area contributed by atoms with E-state index in [4.69, 9.17) is 14.2 Å². The van der Waals surface area contributed by atoms with Gasteiger partial charge in [-0.3, -0.25) is 9.78 Å². The molecule has 0 bridgehead atoms. The first-order valence-corrected chi connectivity index (χ1v) is 12.0. The van der Waals surface area contributed by atoms with Gasteiger partial charge in [0.25, 0.3) is 0 Å². The number of rotatable bonds is 6. The zero-order valence-electron chi connectivity index (χ0n) is 19.5. The SMILES string of the molecule is C[C@@H](CC(=O)Nc1sc2c(c1C#N)CCN(C(=O)OCC1COC(C)(C)O1)C2)c1cccnc1. The first-order chi connectivity index (χ1) is 16.3. The molecule has 2 aliphatic heterocycles. The summed E-state index contributed by atoms with van der Waals surface area (Å²) in [6.45, 7) is 6.88. The highest BCUT2D eigenvalue weighted by molar-refractivity contribution is 7.16. The standard InChI is InChI=1S/C24H28N4O5S/c1-15(16-5-4-7-26-11-16)9-21(29)27-22-19(10-25)18-6-8-28(12-20(18)34-22)23(30)31-13-17-14-32-24(2,3)33-17/h4-5,7,11,15,17H,6,8-9,12-14H2,1-3H3,(H,27,29)/t15-,17?/m0/s1. The highest BCUT2D eigenvalue weighted by Crippen LogP contribution is 2.37. The number of carbonyl (C=O) groups excluding carboxylic acids is 2. The van der Waals surface area contributed by atoms with Crippen LogP contribution in [-0.4, -0.2) is 53.5 Å². The molecular formula is C24H28N4O5S. The van der Waals surface area contributed by atoms with Gasteiger partial charge in [0.05, 0.1) is 18.7 Å². The van der Waals surface area contributed by atoms with E-state index in [1.54, 1.807) is 17.3 Å². The Labute approximate surface area is 202 Å². The Morgan fingerprint density at radius 1 is 1.47 bits per heavy atom. The van der Waals surface area contributed by atoms with Crippen LogP contribution in [0.4, 0.5) is 9.80 Å². The van der Waals surface area contributed by atoms with Gasteiger partial charge in [-0.1, -0.05) is 13.0 Å². The molecule has 1 unspecified atom stereocenters. The van der Waals surface area contributed by atoms with Gasteiger partial charge in [-0.05, 0) is 43.4 Å². The molecule has 2 amide bonds. The lowest BCUT2D eigenvalue weighted by Crippen LogP contribution is -2.37. The molecule has 0 aliphatic carbocycles. The van der Waals surface area contributed by atoms with Gasteiger partial charge in [0.1, 0.15) is 23.8 Å². The van der Waals surface area contributed by atoms with Crippen molar-refractivity contribution in [2.45, 2.75) is 58.0 Å². The topological polar surface area (TPSA) is 114 Å². The van der Waals surface area contributed by atoms with Gasteiger partial charge in [-0.15, -0.1) is 11.3 Å². The fraction of sp³-hybridized carbons (Fsp3) is 0.500. The van der Waals surface area contributed by atoms with Gasteiger partial charge < -0.3 is 24.4 Å². The molecule has 1 N–H and O–H groups in total. The lowest BCUT2D eigenvalue weighted by molar-refractivity contribution is -0.143. The van der Waals surface area contributed by atoms with Crippen LogP contribution in [0.15, 0.2) is 24.5 Å². The van der Waals surface area contributed by atoms with Gasteiger partial charge in [-0.25, -0.2) is 4.79 Å². The molecule has 2 atom stereocenters. The van der Waals surface area contributed by atoms with E-state index in [1.165, 1.54) is 11.3 Å². The van der Waals surface area contributed by atoms with Crippen molar-refractivity contribution in [1.82, 2.24) is 9.88 Å². The molecule has 4 rings (SSSR count). The summed E-state index contributed by atoms with van der Waals surface area (Å²) in [6.07, 6.45) is 3.54. The highest BCUT2D eigenvalue weighted by Gasteiger charge is 2.34. The summed E-state index contributed by atoms with van der Waals surface area (Å²) >= 11 is 1.34. The van der Waals surface area contributed by atoms with E-state index in [0.29, 0.717) is 36.7 Å². The zero-order valence-corrected chi connectivity index (χ0v) is 20.3. The molecule has 1 fully saturated rings. The van der Waals surface area contributed by atoms with Gasteiger partial charge in [-0.2, -0.15) is 5.26 Å². The number of ether oxygens (including phenoxy) is 3. The molecule has 10 heteroatoms. The van der Waals surface area contributed by atoms with Crippen molar-refractivity contribution < 1.29 is 23.8 Å². The number of amides is 2. The number of pyridine rings is 1.